The van der Waals surface area contributed by atoms with Crippen molar-refractivity contribution in [2.75, 3.05) is 45.3 Å². The first-order valence-corrected chi connectivity index (χ1v) is 12.1. The Morgan fingerprint density at radius 1 is 0.970 bits per heavy atom. The minimum Gasteiger partial charge on any atom is -0.497 e. The fourth-order valence-electron chi connectivity index (χ4n) is 4.47. The topological polar surface area (TPSA) is 54.0 Å². The first-order valence-electron chi connectivity index (χ1n) is 11.2. The van der Waals surface area contributed by atoms with Crippen molar-refractivity contribution < 1.29 is 14.3 Å². The van der Waals surface area contributed by atoms with Gasteiger partial charge in [0, 0.05) is 42.7 Å². The van der Waals surface area contributed by atoms with Gasteiger partial charge in [-0.15, -0.1) is 11.3 Å². The van der Waals surface area contributed by atoms with E-state index in [2.05, 4.69) is 51.7 Å². The van der Waals surface area contributed by atoms with Crippen molar-refractivity contribution in [3.63, 3.8) is 0 Å². The average Bonchev–Trinajstić information content (AvgIpc) is 3.39. The minimum atomic E-state index is -0.0874. The van der Waals surface area contributed by atoms with Gasteiger partial charge in [0.2, 0.25) is 0 Å². The van der Waals surface area contributed by atoms with Crippen LogP contribution in [0.25, 0.3) is 0 Å². The van der Waals surface area contributed by atoms with Gasteiger partial charge in [-0.3, -0.25) is 9.69 Å². The van der Waals surface area contributed by atoms with E-state index in [-0.39, 0.29) is 18.0 Å². The van der Waals surface area contributed by atoms with Crippen molar-refractivity contribution in [3.8, 4) is 11.5 Å². The molecule has 6 nitrogen and oxygen atoms in total. The first-order chi connectivity index (χ1) is 16.1. The van der Waals surface area contributed by atoms with Crippen LogP contribution >= 0.6 is 11.3 Å². The number of carbonyl (C=O) groups is 1. The van der Waals surface area contributed by atoms with Crippen LogP contribution in [-0.2, 0) is 0 Å². The molecule has 1 aliphatic heterocycles. The predicted molar refractivity (Wildman–Crippen MR) is 134 cm³/mol. The lowest BCUT2D eigenvalue weighted by atomic mass is 10.0. The largest absolute Gasteiger partial charge is 0.497 e. The zero-order valence-corrected chi connectivity index (χ0v) is 20.2. The number of hydrogen-bond donors (Lipinski definition) is 1. The van der Waals surface area contributed by atoms with Crippen LogP contribution in [-0.4, -0.2) is 57.2 Å². The van der Waals surface area contributed by atoms with Gasteiger partial charge in [0.1, 0.15) is 11.5 Å². The summed E-state index contributed by atoms with van der Waals surface area (Å²) in [6.45, 7) is 5.70. The maximum absolute atomic E-state index is 13.0. The van der Waals surface area contributed by atoms with Gasteiger partial charge < -0.3 is 19.7 Å². The molecule has 1 aromatic heterocycles. The number of piperazine rings is 1. The summed E-state index contributed by atoms with van der Waals surface area (Å²) in [7, 11) is 3.33. The van der Waals surface area contributed by atoms with Crippen LogP contribution < -0.4 is 19.7 Å². The van der Waals surface area contributed by atoms with Gasteiger partial charge in [0.05, 0.1) is 25.9 Å². The number of amides is 1. The van der Waals surface area contributed by atoms with Crippen LogP contribution in [0.4, 0.5) is 5.69 Å². The lowest BCUT2D eigenvalue weighted by molar-refractivity contribution is 0.0890. The third kappa shape index (κ3) is 5.31. The number of methoxy groups -OCH3 is 2. The molecule has 3 aromatic rings. The molecule has 1 N–H and O–H groups in total. The lowest BCUT2D eigenvalue weighted by Crippen LogP contribution is -2.52. The monoisotopic (exact) mass is 465 g/mol. The van der Waals surface area contributed by atoms with E-state index < -0.39 is 0 Å². The number of carbonyl (C=O) groups excluding carboxylic acids is 1. The molecule has 0 spiro atoms. The zero-order chi connectivity index (χ0) is 23.2. The number of nitrogens with one attached hydrogen (secondary N) is 1. The SMILES string of the molecule is COc1cccc(C(=O)N[C@H](C)[C@@H](c2cccs2)N2CCN(c3ccccc3OC)CC2)c1. The molecule has 7 heteroatoms. The van der Waals surface area contributed by atoms with Crippen LogP contribution in [0.2, 0.25) is 0 Å². The smallest absolute Gasteiger partial charge is 0.251 e. The summed E-state index contributed by atoms with van der Waals surface area (Å²) in [6.07, 6.45) is 0. The Balaban J connectivity index is 1.47. The summed E-state index contributed by atoms with van der Waals surface area (Å²) in [6, 6.07) is 19.7. The van der Waals surface area contributed by atoms with Crippen LogP contribution in [0.5, 0.6) is 11.5 Å². The molecule has 1 saturated heterocycles. The van der Waals surface area contributed by atoms with Gasteiger partial charge in [-0.1, -0.05) is 24.3 Å². The van der Waals surface area contributed by atoms with Crippen LogP contribution in [0, 0.1) is 0 Å². The van der Waals surface area contributed by atoms with Crippen LogP contribution in [0.15, 0.2) is 66.0 Å². The molecule has 1 aliphatic rings. The molecule has 174 valence electrons. The summed E-state index contributed by atoms with van der Waals surface area (Å²) < 4.78 is 10.8. The van der Waals surface area contributed by atoms with Crippen molar-refractivity contribution in [2.45, 2.75) is 19.0 Å². The number of hydrogen-bond acceptors (Lipinski definition) is 6. The standard InChI is InChI=1S/C26H31N3O3S/c1-19(27-26(30)20-8-6-9-21(18-20)31-2)25(24-12-7-17-33-24)29-15-13-28(14-16-29)22-10-4-5-11-23(22)32-3/h4-12,17-19,25H,13-16H2,1-3H3,(H,27,30)/t19-,25+/m1/s1. The third-order valence-corrected chi connectivity index (χ3v) is 7.08. The van der Waals surface area contributed by atoms with Crippen molar-refractivity contribution in [3.05, 3.63) is 76.5 Å². The summed E-state index contributed by atoms with van der Waals surface area (Å²) >= 11 is 1.74. The number of para-hydroxylation sites is 2. The summed E-state index contributed by atoms with van der Waals surface area (Å²) in [5.41, 5.74) is 1.74. The second kappa shape index (κ2) is 10.7. The molecule has 4 rings (SSSR count). The maximum Gasteiger partial charge on any atom is 0.251 e. The summed E-state index contributed by atoms with van der Waals surface area (Å²) in [4.78, 5) is 19.1. The number of thiophene rings is 1. The highest BCUT2D eigenvalue weighted by molar-refractivity contribution is 7.10. The number of nitrogens with zero attached hydrogens (tertiary/aromatic N) is 2. The molecule has 1 fully saturated rings. The van der Waals surface area contributed by atoms with Crippen molar-refractivity contribution in [1.29, 1.82) is 0 Å². The van der Waals surface area contributed by atoms with E-state index in [0.29, 0.717) is 11.3 Å². The van der Waals surface area contributed by atoms with Crippen molar-refractivity contribution in [2.24, 2.45) is 0 Å². The molecule has 33 heavy (non-hydrogen) atoms. The number of benzene rings is 2. The maximum atomic E-state index is 13.0. The molecule has 0 aliphatic carbocycles. The molecule has 2 aromatic carbocycles. The normalized spacial score (nSPS) is 16.2. The minimum absolute atomic E-state index is 0.0554. The van der Waals surface area contributed by atoms with E-state index in [0.717, 1.165) is 37.6 Å². The summed E-state index contributed by atoms with van der Waals surface area (Å²) in [5, 5.41) is 5.33. The highest BCUT2D eigenvalue weighted by Gasteiger charge is 2.31. The van der Waals surface area contributed by atoms with E-state index in [1.165, 1.54) is 4.88 Å². The van der Waals surface area contributed by atoms with Crippen LogP contribution in [0.3, 0.4) is 0 Å². The Morgan fingerprint density at radius 3 is 2.45 bits per heavy atom. The van der Waals surface area contributed by atoms with Gasteiger partial charge in [-0.25, -0.2) is 0 Å². The van der Waals surface area contributed by atoms with E-state index in [1.807, 2.05) is 30.3 Å². The molecular weight excluding hydrogens is 434 g/mol. The Kier molecular flexibility index (Phi) is 7.52. The van der Waals surface area contributed by atoms with Gasteiger partial charge in [0.15, 0.2) is 0 Å². The number of rotatable bonds is 8. The van der Waals surface area contributed by atoms with Crippen molar-refractivity contribution in [1.82, 2.24) is 10.2 Å². The lowest BCUT2D eigenvalue weighted by Gasteiger charge is -2.42. The molecular formula is C26H31N3O3S. The third-order valence-electron chi connectivity index (χ3n) is 6.13. The molecule has 1 amide bonds. The fraction of sp³-hybridized carbons (Fsp3) is 0.346. The van der Waals surface area contributed by atoms with Crippen molar-refractivity contribution >= 4 is 22.9 Å². The Morgan fingerprint density at radius 2 is 1.76 bits per heavy atom. The fourth-order valence-corrected chi connectivity index (χ4v) is 5.43. The van der Waals surface area contributed by atoms with E-state index in [1.54, 1.807) is 31.6 Å². The summed E-state index contributed by atoms with van der Waals surface area (Å²) in [5.74, 6) is 1.49. The molecule has 2 heterocycles. The number of anilines is 1. The Hall–Kier alpha value is -3.03. The average molecular weight is 466 g/mol. The second-order valence-corrected chi connectivity index (χ2v) is 9.13. The molecule has 0 saturated carbocycles. The highest BCUT2D eigenvalue weighted by atomic mass is 32.1. The van der Waals surface area contributed by atoms with E-state index in [4.69, 9.17) is 9.47 Å². The number of ether oxygens (including phenoxy) is 2. The quantitative estimate of drug-likeness (QED) is 0.533. The highest BCUT2D eigenvalue weighted by Crippen LogP contribution is 2.33. The van der Waals surface area contributed by atoms with E-state index in [9.17, 15) is 4.79 Å². The van der Waals surface area contributed by atoms with Gasteiger partial charge in [-0.05, 0) is 48.7 Å². The second-order valence-electron chi connectivity index (χ2n) is 8.15. The Bertz CT molecular complexity index is 1050. The van der Waals surface area contributed by atoms with E-state index >= 15 is 0 Å². The zero-order valence-electron chi connectivity index (χ0n) is 19.4. The molecule has 0 unspecified atom stereocenters. The van der Waals surface area contributed by atoms with Gasteiger partial charge in [0.25, 0.3) is 5.91 Å². The molecule has 0 bridgehead atoms. The van der Waals surface area contributed by atoms with Gasteiger partial charge >= 0.3 is 0 Å². The van der Waals surface area contributed by atoms with Gasteiger partial charge in [-0.2, -0.15) is 0 Å². The predicted octanol–water partition coefficient (Wildman–Crippen LogP) is 4.45. The molecule has 2 atom stereocenters. The Labute approximate surface area is 199 Å². The first kappa shape index (κ1) is 23.1. The molecule has 0 radical (unpaired) electrons. The van der Waals surface area contributed by atoms with Crippen LogP contribution in [0.1, 0.15) is 28.2 Å².